The van der Waals surface area contributed by atoms with Crippen LogP contribution in [0.3, 0.4) is 0 Å². The Labute approximate surface area is 125 Å². The lowest BCUT2D eigenvalue weighted by Gasteiger charge is -2.04. The molecule has 4 aromatic rings. The van der Waals surface area contributed by atoms with Crippen molar-refractivity contribution in [2.45, 2.75) is 0 Å². The number of imidazole rings is 1. The first-order valence-electron chi connectivity index (χ1n) is 6.43. The molecule has 0 saturated heterocycles. The third-order valence-electron chi connectivity index (χ3n) is 3.34. The Hall–Kier alpha value is -2.59. The van der Waals surface area contributed by atoms with E-state index in [4.69, 9.17) is 16.0 Å². The first kappa shape index (κ1) is 12.2. The van der Waals surface area contributed by atoms with Gasteiger partial charge in [0.1, 0.15) is 5.65 Å². The van der Waals surface area contributed by atoms with Gasteiger partial charge in [0.05, 0.1) is 35.1 Å². The summed E-state index contributed by atoms with van der Waals surface area (Å²) in [5.74, 6) is 0. The molecular formula is C16H10ClN3O. The van der Waals surface area contributed by atoms with Crippen LogP contribution in [0.1, 0.15) is 0 Å². The molecule has 0 aliphatic carbocycles. The highest BCUT2D eigenvalue weighted by atomic mass is 35.5. The molecule has 0 radical (unpaired) electrons. The number of halogens is 1. The normalized spacial score (nSPS) is 11.1. The van der Waals surface area contributed by atoms with Crippen LogP contribution in [0.15, 0.2) is 65.9 Å². The fraction of sp³-hybridized carbons (Fsp3) is 0. The lowest BCUT2D eigenvalue weighted by atomic mass is 10.1. The van der Waals surface area contributed by atoms with Gasteiger partial charge in [0.25, 0.3) is 0 Å². The number of fused-ring (bicyclic) bond motifs is 1. The number of furan rings is 1. The van der Waals surface area contributed by atoms with E-state index in [0.29, 0.717) is 5.02 Å². The Morgan fingerprint density at radius 2 is 2.00 bits per heavy atom. The third-order valence-corrected chi connectivity index (χ3v) is 3.57. The van der Waals surface area contributed by atoms with Crippen LogP contribution in [-0.2, 0) is 0 Å². The predicted octanol–water partition coefficient (Wildman–Crippen LogP) is 4.31. The monoisotopic (exact) mass is 295 g/mol. The molecule has 102 valence electrons. The molecule has 4 heterocycles. The summed E-state index contributed by atoms with van der Waals surface area (Å²) in [5, 5.41) is 0.672. The van der Waals surface area contributed by atoms with Crippen molar-refractivity contribution < 1.29 is 4.42 Å². The lowest BCUT2D eigenvalue weighted by Crippen LogP contribution is -1.89. The van der Waals surface area contributed by atoms with Crippen molar-refractivity contribution in [3.8, 4) is 22.5 Å². The molecule has 0 fully saturated rings. The van der Waals surface area contributed by atoms with Gasteiger partial charge in [-0.2, -0.15) is 0 Å². The van der Waals surface area contributed by atoms with Crippen molar-refractivity contribution in [1.29, 1.82) is 0 Å². The molecule has 0 aromatic carbocycles. The van der Waals surface area contributed by atoms with E-state index in [0.717, 1.165) is 28.2 Å². The second kappa shape index (κ2) is 4.75. The van der Waals surface area contributed by atoms with Crippen LogP contribution in [0.25, 0.3) is 28.2 Å². The highest BCUT2D eigenvalue weighted by molar-refractivity contribution is 6.30. The maximum absolute atomic E-state index is 6.07. The van der Waals surface area contributed by atoms with E-state index >= 15 is 0 Å². The molecule has 21 heavy (non-hydrogen) atoms. The minimum Gasteiger partial charge on any atom is -0.472 e. The van der Waals surface area contributed by atoms with E-state index in [1.165, 1.54) is 0 Å². The van der Waals surface area contributed by atoms with Crippen LogP contribution in [0, 0.1) is 0 Å². The van der Waals surface area contributed by atoms with Crippen molar-refractivity contribution in [2.75, 3.05) is 0 Å². The molecule has 0 saturated carbocycles. The van der Waals surface area contributed by atoms with Crippen LogP contribution in [-0.4, -0.2) is 14.4 Å². The van der Waals surface area contributed by atoms with Crippen LogP contribution in [0.2, 0.25) is 5.02 Å². The molecule has 4 aromatic heterocycles. The van der Waals surface area contributed by atoms with Gasteiger partial charge >= 0.3 is 0 Å². The summed E-state index contributed by atoms with van der Waals surface area (Å²) in [7, 11) is 0. The second-order valence-corrected chi connectivity index (χ2v) is 5.10. The maximum atomic E-state index is 6.07. The number of hydrogen-bond acceptors (Lipinski definition) is 3. The zero-order valence-corrected chi connectivity index (χ0v) is 11.7. The van der Waals surface area contributed by atoms with Gasteiger partial charge in [-0.15, -0.1) is 0 Å². The summed E-state index contributed by atoms with van der Waals surface area (Å²) in [6, 6.07) is 9.57. The summed E-state index contributed by atoms with van der Waals surface area (Å²) in [4.78, 5) is 8.77. The van der Waals surface area contributed by atoms with Gasteiger partial charge in [-0.05, 0) is 30.3 Å². The fourth-order valence-electron chi connectivity index (χ4n) is 2.33. The van der Waals surface area contributed by atoms with E-state index in [9.17, 15) is 0 Å². The highest BCUT2D eigenvalue weighted by Crippen LogP contribution is 2.26. The van der Waals surface area contributed by atoms with E-state index in [2.05, 4.69) is 9.97 Å². The molecule has 5 heteroatoms. The van der Waals surface area contributed by atoms with Crippen LogP contribution in [0.4, 0.5) is 0 Å². The zero-order valence-electron chi connectivity index (χ0n) is 10.9. The Bertz CT molecular complexity index is 912. The number of rotatable bonds is 2. The van der Waals surface area contributed by atoms with Gasteiger partial charge in [0.15, 0.2) is 0 Å². The molecule has 4 nitrogen and oxygen atoms in total. The van der Waals surface area contributed by atoms with E-state index in [-0.39, 0.29) is 0 Å². The van der Waals surface area contributed by atoms with Gasteiger partial charge in [0.2, 0.25) is 0 Å². The van der Waals surface area contributed by atoms with Crippen molar-refractivity contribution in [1.82, 2.24) is 14.4 Å². The van der Waals surface area contributed by atoms with Crippen LogP contribution < -0.4 is 0 Å². The summed E-state index contributed by atoms with van der Waals surface area (Å²) in [6.45, 7) is 0. The predicted molar refractivity (Wildman–Crippen MR) is 81.1 cm³/mol. The average Bonchev–Trinajstić information content (AvgIpc) is 3.16. The van der Waals surface area contributed by atoms with Crippen molar-refractivity contribution in [2.24, 2.45) is 0 Å². The first-order valence-corrected chi connectivity index (χ1v) is 6.81. The Morgan fingerprint density at radius 1 is 1.05 bits per heavy atom. The van der Waals surface area contributed by atoms with Gasteiger partial charge in [0, 0.05) is 23.5 Å². The van der Waals surface area contributed by atoms with Gasteiger partial charge < -0.3 is 4.42 Å². The molecule has 0 aliphatic heterocycles. The molecule has 0 N–H and O–H groups in total. The number of hydrogen-bond donors (Lipinski definition) is 0. The molecule has 0 unspecified atom stereocenters. The van der Waals surface area contributed by atoms with Crippen LogP contribution in [0.5, 0.6) is 0 Å². The summed E-state index contributed by atoms with van der Waals surface area (Å²) >= 11 is 6.07. The molecule has 0 spiro atoms. The quantitative estimate of drug-likeness (QED) is 0.553. The Kier molecular flexibility index (Phi) is 2.75. The van der Waals surface area contributed by atoms with Gasteiger partial charge in [-0.3, -0.25) is 9.38 Å². The van der Waals surface area contributed by atoms with Gasteiger partial charge in [-0.1, -0.05) is 11.6 Å². The van der Waals surface area contributed by atoms with E-state index in [1.807, 2.05) is 47.1 Å². The molecule has 4 rings (SSSR count). The number of aromatic nitrogens is 3. The highest BCUT2D eigenvalue weighted by Gasteiger charge is 2.08. The third kappa shape index (κ3) is 2.10. The van der Waals surface area contributed by atoms with Crippen molar-refractivity contribution in [3.05, 3.63) is 66.5 Å². The van der Waals surface area contributed by atoms with E-state index < -0.39 is 0 Å². The largest absolute Gasteiger partial charge is 0.472 e. The molecule has 0 atom stereocenters. The number of nitrogens with zero attached hydrogens (tertiary/aromatic N) is 3. The SMILES string of the molecule is Clc1ccc2ncc(-c3ccnc(-c4ccoc4)c3)n2c1. The van der Waals surface area contributed by atoms with Gasteiger partial charge in [-0.25, -0.2) is 4.98 Å². The summed E-state index contributed by atoms with van der Waals surface area (Å²) in [5.41, 5.74) is 4.66. The van der Waals surface area contributed by atoms with E-state index in [1.54, 1.807) is 18.7 Å². The van der Waals surface area contributed by atoms with Crippen molar-refractivity contribution in [3.63, 3.8) is 0 Å². The number of pyridine rings is 2. The average molecular weight is 296 g/mol. The lowest BCUT2D eigenvalue weighted by molar-refractivity contribution is 0.568. The molecular weight excluding hydrogens is 286 g/mol. The zero-order chi connectivity index (χ0) is 14.2. The molecule has 0 bridgehead atoms. The van der Waals surface area contributed by atoms with Crippen LogP contribution >= 0.6 is 11.6 Å². The smallest absolute Gasteiger partial charge is 0.137 e. The first-order chi connectivity index (χ1) is 10.3. The standard InChI is InChI=1S/C16H10ClN3O/c17-13-1-2-16-19-8-15(20(16)9-13)11-3-5-18-14(7-11)12-4-6-21-10-12/h1-10H. The Balaban J connectivity index is 1.89. The second-order valence-electron chi connectivity index (χ2n) is 4.66. The minimum absolute atomic E-state index is 0.672. The molecule has 0 aliphatic rings. The maximum Gasteiger partial charge on any atom is 0.137 e. The minimum atomic E-state index is 0.672. The van der Waals surface area contributed by atoms with Crippen molar-refractivity contribution >= 4 is 17.2 Å². The summed E-state index contributed by atoms with van der Waals surface area (Å²) < 4.78 is 7.08. The Morgan fingerprint density at radius 3 is 2.86 bits per heavy atom. The molecule has 0 amide bonds. The fourth-order valence-corrected chi connectivity index (χ4v) is 2.49. The summed E-state index contributed by atoms with van der Waals surface area (Å²) in [6.07, 6.45) is 8.79. The topological polar surface area (TPSA) is 43.3 Å².